The Kier molecular flexibility index (Phi) is 5.44. The molecular weight excluding hydrogens is 216 g/mol. The SMILES string of the molecule is CC(=O)OOC(C)C1CC(C)CCC1C(C)C. The van der Waals surface area contributed by atoms with Gasteiger partial charge in [-0.15, -0.1) is 0 Å². The van der Waals surface area contributed by atoms with Crippen molar-refractivity contribution in [2.75, 3.05) is 0 Å². The maximum absolute atomic E-state index is 10.8. The van der Waals surface area contributed by atoms with E-state index in [-0.39, 0.29) is 12.1 Å². The highest BCUT2D eigenvalue weighted by atomic mass is 17.2. The molecule has 4 unspecified atom stereocenters. The first kappa shape index (κ1) is 14.5. The van der Waals surface area contributed by atoms with Crippen molar-refractivity contribution in [2.24, 2.45) is 23.7 Å². The molecule has 0 amide bonds. The molecule has 0 radical (unpaired) electrons. The predicted molar refractivity (Wildman–Crippen MR) is 67.1 cm³/mol. The van der Waals surface area contributed by atoms with Gasteiger partial charge in [-0.25, -0.2) is 4.79 Å². The van der Waals surface area contributed by atoms with Gasteiger partial charge in [0.15, 0.2) is 0 Å². The van der Waals surface area contributed by atoms with Crippen LogP contribution in [0.3, 0.4) is 0 Å². The second-order valence-electron chi connectivity index (χ2n) is 5.87. The lowest BCUT2D eigenvalue weighted by Crippen LogP contribution is -2.36. The molecule has 4 atom stereocenters. The van der Waals surface area contributed by atoms with Crippen LogP contribution in [0.2, 0.25) is 0 Å². The van der Waals surface area contributed by atoms with Crippen molar-refractivity contribution in [2.45, 2.75) is 60.0 Å². The van der Waals surface area contributed by atoms with E-state index in [1.54, 1.807) is 0 Å². The van der Waals surface area contributed by atoms with Crippen LogP contribution in [0.25, 0.3) is 0 Å². The van der Waals surface area contributed by atoms with E-state index in [0.29, 0.717) is 17.8 Å². The number of hydrogen-bond donors (Lipinski definition) is 0. The zero-order valence-corrected chi connectivity index (χ0v) is 11.7. The number of carbonyl (C=O) groups is 1. The van der Waals surface area contributed by atoms with Crippen LogP contribution in [-0.2, 0) is 14.6 Å². The lowest BCUT2D eigenvalue weighted by molar-refractivity contribution is -0.306. The molecule has 3 nitrogen and oxygen atoms in total. The zero-order valence-electron chi connectivity index (χ0n) is 11.7. The van der Waals surface area contributed by atoms with E-state index in [2.05, 4.69) is 25.7 Å². The van der Waals surface area contributed by atoms with Crippen molar-refractivity contribution in [1.82, 2.24) is 0 Å². The van der Waals surface area contributed by atoms with E-state index in [1.807, 2.05) is 6.92 Å². The third kappa shape index (κ3) is 4.30. The topological polar surface area (TPSA) is 35.5 Å². The summed E-state index contributed by atoms with van der Waals surface area (Å²) in [6.45, 7) is 10.2. The van der Waals surface area contributed by atoms with Gasteiger partial charge in [0.05, 0.1) is 0 Å². The maximum Gasteiger partial charge on any atom is 0.339 e. The van der Waals surface area contributed by atoms with Gasteiger partial charge < -0.3 is 0 Å². The Hall–Kier alpha value is -0.570. The Morgan fingerprint density at radius 3 is 2.35 bits per heavy atom. The lowest BCUT2D eigenvalue weighted by Gasteiger charge is -2.39. The first-order chi connectivity index (χ1) is 7.91. The van der Waals surface area contributed by atoms with Crippen molar-refractivity contribution in [3.63, 3.8) is 0 Å². The van der Waals surface area contributed by atoms with Crippen LogP contribution in [0.5, 0.6) is 0 Å². The van der Waals surface area contributed by atoms with E-state index < -0.39 is 0 Å². The summed E-state index contributed by atoms with van der Waals surface area (Å²) in [5.41, 5.74) is 0. The molecule has 0 spiro atoms. The summed E-state index contributed by atoms with van der Waals surface area (Å²) in [5, 5.41) is 0. The van der Waals surface area contributed by atoms with Gasteiger partial charge in [-0.05, 0) is 43.4 Å². The summed E-state index contributed by atoms with van der Waals surface area (Å²) in [7, 11) is 0. The molecule has 0 aromatic heterocycles. The first-order valence-electron chi connectivity index (χ1n) is 6.75. The molecule has 0 aromatic rings. The Balaban J connectivity index is 2.58. The van der Waals surface area contributed by atoms with Crippen LogP contribution < -0.4 is 0 Å². The lowest BCUT2D eigenvalue weighted by atomic mass is 9.68. The highest BCUT2D eigenvalue weighted by molar-refractivity contribution is 5.65. The third-order valence-electron chi connectivity index (χ3n) is 3.99. The first-order valence-corrected chi connectivity index (χ1v) is 6.75. The molecule has 0 N–H and O–H groups in total. The second kappa shape index (κ2) is 6.39. The van der Waals surface area contributed by atoms with E-state index >= 15 is 0 Å². The van der Waals surface area contributed by atoms with Crippen molar-refractivity contribution < 1.29 is 14.6 Å². The van der Waals surface area contributed by atoms with Gasteiger partial charge in [-0.2, -0.15) is 4.89 Å². The molecule has 1 aliphatic rings. The van der Waals surface area contributed by atoms with Gasteiger partial charge in [0.1, 0.15) is 6.10 Å². The Morgan fingerprint density at radius 1 is 1.18 bits per heavy atom. The Bertz CT molecular complexity index is 250. The number of hydrogen-bond acceptors (Lipinski definition) is 3. The van der Waals surface area contributed by atoms with Crippen LogP contribution in [-0.4, -0.2) is 12.1 Å². The maximum atomic E-state index is 10.8. The van der Waals surface area contributed by atoms with Gasteiger partial charge in [-0.3, -0.25) is 4.89 Å². The standard InChI is InChI=1S/C14H26O3/c1-9(2)13-7-6-10(3)8-14(13)11(4)16-17-12(5)15/h9-11,13-14H,6-8H2,1-5H3. The summed E-state index contributed by atoms with van der Waals surface area (Å²) in [6, 6.07) is 0. The molecule has 17 heavy (non-hydrogen) atoms. The van der Waals surface area contributed by atoms with Gasteiger partial charge >= 0.3 is 5.97 Å². The molecular formula is C14H26O3. The summed E-state index contributed by atoms with van der Waals surface area (Å²) in [5.74, 6) is 2.21. The van der Waals surface area contributed by atoms with E-state index in [0.717, 1.165) is 5.92 Å². The highest BCUT2D eigenvalue weighted by Gasteiger charge is 2.35. The molecule has 1 rings (SSSR count). The molecule has 100 valence electrons. The van der Waals surface area contributed by atoms with Crippen LogP contribution in [0.15, 0.2) is 0 Å². The normalized spacial score (nSPS) is 31.3. The van der Waals surface area contributed by atoms with E-state index in [9.17, 15) is 4.79 Å². The monoisotopic (exact) mass is 242 g/mol. The molecule has 0 aromatic carbocycles. The fourth-order valence-electron chi connectivity index (χ4n) is 3.03. The second-order valence-corrected chi connectivity index (χ2v) is 5.87. The highest BCUT2D eigenvalue weighted by Crippen LogP contribution is 2.40. The summed E-state index contributed by atoms with van der Waals surface area (Å²) < 4.78 is 0. The van der Waals surface area contributed by atoms with Gasteiger partial charge in [0.2, 0.25) is 0 Å². The largest absolute Gasteiger partial charge is 0.339 e. The van der Waals surface area contributed by atoms with Crippen LogP contribution in [0.4, 0.5) is 0 Å². The smallest absolute Gasteiger partial charge is 0.298 e. The number of rotatable bonds is 4. The van der Waals surface area contributed by atoms with E-state index in [4.69, 9.17) is 4.89 Å². The van der Waals surface area contributed by atoms with E-state index in [1.165, 1.54) is 26.2 Å². The Morgan fingerprint density at radius 2 is 1.82 bits per heavy atom. The molecule has 1 aliphatic carbocycles. The summed E-state index contributed by atoms with van der Waals surface area (Å²) >= 11 is 0. The van der Waals surface area contributed by atoms with Crippen LogP contribution in [0.1, 0.15) is 53.9 Å². The summed E-state index contributed by atoms with van der Waals surface area (Å²) in [4.78, 5) is 20.7. The average molecular weight is 242 g/mol. The molecule has 1 fully saturated rings. The van der Waals surface area contributed by atoms with Crippen LogP contribution >= 0.6 is 0 Å². The molecule has 3 heteroatoms. The minimum Gasteiger partial charge on any atom is -0.298 e. The van der Waals surface area contributed by atoms with Crippen molar-refractivity contribution in [1.29, 1.82) is 0 Å². The predicted octanol–water partition coefficient (Wildman–Crippen LogP) is 3.58. The molecule has 0 bridgehead atoms. The van der Waals surface area contributed by atoms with Crippen molar-refractivity contribution in [3.05, 3.63) is 0 Å². The van der Waals surface area contributed by atoms with Gasteiger partial charge in [0, 0.05) is 6.92 Å². The zero-order chi connectivity index (χ0) is 13.0. The van der Waals surface area contributed by atoms with Crippen molar-refractivity contribution >= 4 is 5.97 Å². The molecule has 0 saturated heterocycles. The van der Waals surface area contributed by atoms with Crippen LogP contribution in [0, 0.1) is 23.7 Å². The number of carbonyl (C=O) groups excluding carboxylic acids is 1. The van der Waals surface area contributed by atoms with Gasteiger partial charge in [0.25, 0.3) is 0 Å². The molecule has 0 aliphatic heterocycles. The molecule has 0 heterocycles. The minimum atomic E-state index is -0.373. The van der Waals surface area contributed by atoms with Crippen molar-refractivity contribution in [3.8, 4) is 0 Å². The minimum absolute atomic E-state index is 0.00551. The fraction of sp³-hybridized carbons (Fsp3) is 0.929. The average Bonchev–Trinajstić information content (AvgIpc) is 2.25. The van der Waals surface area contributed by atoms with Gasteiger partial charge in [-0.1, -0.05) is 27.2 Å². The quantitative estimate of drug-likeness (QED) is 0.558. The summed E-state index contributed by atoms with van der Waals surface area (Å²) in [6.07, 6.45) is 3.73. The Labute approximate surface area is 105 Å². The fourth-order valence-corrected chi connectivity index (χ4v) is 3.03. The molecule has 1 saturated carbocycles. The third-order valence-corrected chi connectivity index (χ3v) is 3.99.